The molecule has 0 unspecified atom stereocenters. The lowest BCUT2D eigenvalue weighted by atomic mass is 10.1. The van der Waals surface area contributed by atoms with Crippen molar-refractivity contribution in [2.75, 3.05) is 36.9 Å². The van der Waals surface area contributed by atoms with Crippen LogP contribution in [-0.2, 0) is 14.3 Å². The van der Waals surface area contributed by atoms with Gasteiger partial charge in [-0.2, -0.15) is 0 Å². The first kappa shape index (κ1) is 16.5. The molecule has 2 rings (SSSR count). The molecule has 6 heteroatoms. The van der Waals surface area contributed by atoms with E-state index in [9.17, 15) is 9.59 Å². The number of carbonyl (C=O) groups excluding carboxylic acids is 2. The van der Waals surface area contributed by atoms with E-state index in [4.69, 9.17) is 4.74 Å². The predicted molar refractivity (Wildman–Crippen MR) is 85.8 cm³/mol. The maximum absolute atomic E-state index is 12.1. The summed E-state index contributed by atoms with van der Waals surface area (Å²) in [6, 6.07) is 7.06. The Morgan fingerprint density at radius 1 is 1.18 bits per heavy atom. The van der Waals surface area contributed by atoms with Crippen molar-refractivity contribution in [3.8, 4) is 0 Å². The Balaban J connectivity index is 1.85. The quantitative estimate of drug-likeness (QED) is 0.888. The van der Waals surface area contributed by atoms with Gasteiger partial charge in [0, 0.05) is 31.4 Å². The van der Waals surface area contributed by atoms with E-state index in [1.807, 2.05) is 13.8 Å². The number of carbonyl (C=O) groups is 2. The highest BCUT2D eigenvalue weighted by Crippen LogP contribution is 2.17. The van der Waals surface area contributed by atoms with Gasteiger partial charge in [-0.3, -0.25) is 14.5 Å². The summed E-state index contributed by atoms with van der Waals surface area (Å²) in [4.78, 5) is 25.1. The molecule has 0 saturated carbocycles. The Morgan fingerprint density at radius 3 is 2.32 bits per heavy atom. The molecule has 0 spiro atoms. The molecule has 22 heavy (non-hydrogen) atoms. The standard InChI is InChI=1S/C16H23N3O3/c1-12(20)17-13-4-6-14(7-5-13)18-15(21)10-19-8-9-22-16(2,3)11-19/h4-7H,8-11H2,1-3H3,(H,17,20)(H,18,21). The van der Waals surface area contributed by atoms with Gasteiger partial charge in [0.1, 0.15) is 0 Å². The first-order valence-electron chi connectivity index (χ1n) is 7.38. The molecule has 0 bridgehead atoms. The van der Waals surface area contributed by atoms with E-state index in [-0.39, 0.29) is 17.4 Å². The van der Waals surface area contributed by atoms with Gasteiger partial charge in [-0.25, -0.2) is 0 Å². The second kappa shape index (κ2) is 6.89. The van der Waals surface area contributed by atoms with Crippen molar-refractivity contribution < 1.29 is 14.3 Å². The molecule has 120 valence electrons. The highest BCUT2D eigenvalue weighted by molar-refractivity contribution is 5.93. The van der Waals surface area contributed by atoms with Gasteiger partial charge >= 0.3 is 0 Å². The van der Waals surface area contributed by atoms with Gasteiger partial charge in [-0.1, -0.05) is 0 Å². The van der Waals surface area contributed by atoms with Crippen LogP contribution in [0.5, 0.6) is 0 Å². The molecular formula is C16H23N3O3. The van der Waals surface area contributed by atoms with E-state index in [2.05, 4.69) is 15.5 Å². The van der Waals surface area contributed by atoms with Crippen LogP contribution in [0.4, 0.5) is 11.4 Å². The second-order valence-electron chi connectivity index (χ2n) is 6.13. The summed E-state index contributed by atoms with van der Waals surface area (Å²) in [5.41, 5.74) is 1.21. The number of nitrogens with one attached hydrogen (secondary N) is 2. The van der Waals surface area contributed by atoms with Crippen LogP contribution < -0.4 is 10.6 Å². The first-order chi connectivity index (χ1) is 10.3. The molecule has 1 aromatic carbocycles. The van der Waals surface area contributed by atoms with Crippen LogP contribution in [0.2, 0.25) is 0 Å². The van der Waals surface area contributed by atoms with Gasteiger partial charge < -0.3 is 15.4 Å². The second-order valence-corrected chi connectivity index (χ2v) is 6.13. The van der Waals surface area contributed by atoms with Crippen molar-refractivity contribution >= 4 is 23.2 Å². The third-order valence-corrected chi connectivity index (χ3v) is 3.36. The number of rotatable bonds is 4. The van der Waals surface area contributed by atoms with Gasteiger partial charge in [0.15, 0.2) is 0 Å². The third kappa shape index (κ3) is 5.13. The van der Waals surface area contributed by atoms with Crippen LogP contribution in [0.1, 0.15) is 20.8 Å². The molecular weight excluding hydrogens is 282 g/mol. The highest BCUT2D eigenvalue weighted by Gasteiger charge is 2.28. The highest BCUT2D eigenvalue weighted by atomic mass is 16.5. The Hall–Kier alpha value is -1.92. The van der Waals surface area contributed by atoms with Gasteiger partial charge in [0.05, 0.1) is 18.8 Å². The minimum absolute atomic E-state index is 0.0509. The number of amides is 2. The van der Waals surface area contributed by atoms with Crippen LogP contribution in [0.15, 0.2) is 24.3 Å². The average Bonchev–Trinajstić information content (AvgIpc) is 2.39. The normalized spacial score (nSPS) is 17.8. The summed E-state index contributed by atoms with van der Waals surface area (Å²) in [7, 11) is 0. The lowest BCUT2D eigenvalue weighted by Gasteiger charge is -2.37. The summed E-state index contributed by atoms with van der Waals surface area (Å²) in [5, 5.41) is 5.55. The number of nitrogens with zero attached hydrogens (tertiary/aromatic N) is 1. The van der Waals surface area contributed by atoms with Crippen molar-refractivity contribution in [1.82, 2.24) is 4.90 Å². The zero-order valence-corrected chi connectivity index (χ0v) is 13.3. The average molecular weight is 305 g/mol. The summed E-state index contributed by atoms with van der Waals surface area (Å²) in [6.45, 7) is 8.00. The molecule has 1 fully saturated rings. The van der Waals surface area contributed by atoms with Crippen molar-refractivity contribution in [1.29, 1.82) is 0 Å². The van der Waals surface area contributed by atoms with E-state index < -0.39 is 0 Å². The summed E-state index contributed by atoms with van der Waals surface area (Å²) >= 11 is 0. The smallest absolute Gasteiger partial charge is 0.238 e. The number of hydrogen-bond donors (Lipinski definition) is 2. The molecule has 0 atom stereocenters. The van der Waals surface area contributed by atoms with Crippen molar-refractivity contribution in [2.45, 2.75) is 26.4 Å². The Morgan fingerprint density at radius 2 is 1.77 bits per heavy atom. The molecule has 1 aliphatic heterocycles. The molecule has 1 aromatic rings. The fourth-order valence-corrected chi connectivity index (χ4v) is 2.49. The number of hydrogen-bond acceptors (Lipinski definition) is 4. The molecule has 1 heterocycles. The molecule has 0 aromatic heterocycles. The monoisotopic (exact) mass is 305 g/mol. The summed E-state index contributed by atoms with van der Waals surface area (Å²) < 4.78 is 5.63. The van der Waals surface area contributed by atoms with E-state index in [0.717, 1.165) is 13.1 Å². The van der Waals surface area contributed by atoms with Crippen LogP contribution in [0.3, 0.4) is 0 Å². The van der Waals surface area contributed by atoms with Gasteiger partial charge in [0.25, 0.3) is 0 Å². The maximum Gasteiger partial charge on any atom is 0.238 e. The fraction of sp³-hybridized carbons (Fsp3) is 0.500. The zero-order chi connectivity index (χ0) is 16.2. The van der Waals surface area contributed by atoms with Crippen LogP contribution in [0, 0.1) is 0 Å². The Bertz CT molecular complexity index is 540. The molecule has 0 radical (unpaired) electrons. The van der Waals surface area contributed by atoms with E-state index in [1.165, 1.54) is 6.92 Å². The predicted octanol–water partition coefficient (Wildman–Crippen LogP) is 1.69. The Labute approximate surface area is 130 Å². The molecule has 1 aliphatic rings. The molecule has 0 aliphatic carbocycles. The van der Waals surface area contributed by atoms with Gasteiger partial charge in [-0.05, 0) is 38.1 Å². The van der Waals surface area contributed by atoms with E-state index >= 15 is 0 Å². The van der Waals surface area contributed by atoms with Gasteiger partial charge in [-0.15, -0.1) is 0 Å². The summed E-state index contributed by atoms with van der Waals surface area (Å²) in [5.74, 6) is -0.170. The fourth-order valence-electron chi connectivity index (χ4n) is 2.49. The third-order valence-electron chi connectivity index (χ3n) is 3.36. The Kier molecular flexibility index (Phi) is 5.15. The topological polar surface area (TPSA) is 70.7 Å². The minimum Gasteiger partial charge on any atom is -0.373 e. The zero-order valence-electron chi connectivity index (χ0n) is 13.3. The van der Waals surface area contributed by atoms with E-state index in [0.29, 0.717) is 24.5 Å². The van der Waals surface area contributed by atoms with Crippen molar-refractivity contribution in [3.05, 3.63) is 24.3 Å². The number of morpholine rings is 1. The number of ether oxygens (including phenoxy) is 1. The molecule has 1 saturated heterocycles. The largest absolute Gasteiger partial charge is 0.373 e. The lowest BCUT2D eigenvalue weighted by molar-refractivity contribution is -0.122. The molecule has 2 amide bonds. The van der Waals surface area contributed by atoms with Crippen LogP contribution in [0.25, 0.3) is 0 Å². The number of benzene rings is 1. The maximum atomic E-state index is 12.1. The SMILES string of the molecule is CC(=O)Nc1ccc(NC(=O)CN2CCOC(C)(C)C2)cc1. The molecule has 6 nitrogen and oxygen atoms in total. The van der Waals surface area contributed by atoms with E-state index in [1.54, 1.807) is 24.3 Å². The van der Waals surface area contributed by atoms with Crippen molar-refractivity contribution in [3.63, 3.8) is 0 Å². The minimum atomic E-state index is -0.210. The van der Waals surface area contributed by atoms with Crippen molar-refractivity contribution in [2.24, 2.45) is 0 Å². The molecule has 2 N–H and O–H groups in total. The number of anilines is 2. The van der Waals surface area contributed by atoms with Crippen LogP contribution >= 0.6 is 0 Å². The van der Waals surface area contributed by atoms with Crippen LogP contribution in [-0.4, -0.2) is 48.6 Å². The lowest BCUT2D eigenvalue weighted by Crippen LogP contribution is -2.50. The van der Waals surface area contributed by atoms with Gasteiger partial charge in [0.2, 0.25) is 11.8 Å². The first-order valence-corrected chi connectivity index (χ1v) is 7.38. The summed E-state index contributed by atoms with van der Waals surface area (Å²) in [6.07, 6.45) is 0.